The minimum atomic E-state index is -3.31. The van der Waals surface area contributed by atoms with Crippen molar-refractivity contribution in [2.24, 2.45) is 0 Å². The van der Waals surface area contributed by atoms with Crippen molar-refractivity contribution in [2.75, 3.05) is 23.7 Å². The van der Waals surface area contributed by atoms with Gasteiger partial charge in [0.1, 0.15) is 0 Å². The number of hydrogen-bond donors (Lipinski definition) is 1. The van der Waals surface area contributed by atoms with E-state index in [2.05, 4.69) is 4.72 Å². The summed E-state index contributed by atoms with van der Waals surface area (Å²) < 4.78 is 26.0. The van der Waals surface area contributed by atoms with E-state index >= 15 is 0 Å². The second-order valence-corrected chi connectivity index (χ2v) is 7.60. The topological polar surface area (TPSA) is 66.5 Å². The Morgan fingerprint density at radius 2 is 2.00 bits per heavy atom. The number of sulfonamides is 1. The molecule has 0 aliphatic carbocycles. The number of carbonyl (C=O) groups is 1. The maximum Gasteiger partial charge on any atom is 0.223 e. The highest BCUT2D eigenvalue weighted by Gasteiger charge is 2.16. The van der Waals surface area contributed by atoms with Crippen LogP contribution in [0, 0.1) is 0 Å². The fraction of sp³-hybridized carbons (Fsp3) is 0.500. The van der Waals surface area contributed by atoms with Crippen LogP contribution in [0.4, 0.5) is 5.69 Å². The van der Waals surface area contributed by atoms with E-state index < -0.39 is 10.0 Å². The third-order valence-corrected chi connectivity index (χ3v) is 5.03. The van der Waals surface area contributed by atoms with Gasteiger partial charge >= 0.3 is 0 Å². The molecule has 1 aromatic carbocycles. The molecule has 0 saturated carbocycles. The van der Waals surface area contributed by atoms with E-state index in [4.69, 9.17) is 23.2 Å². The van der Waals surface area contributed by atoms with E-state index in [1.165, 1.54) is 11.8 Å². The number of amides is 1. The maximum absolute atomic E-state index is 11.8. The minimum absolute atomic E-state index is 0.0848. The van der Waals surface area contributed by atoms with Gasteiger partial charge in [0.25, 0.3) is 0 Å². The van der Waals surface area contributed by atoms with Crippen molar-refractivity contribution in [3.05, 3.63) is 28.2 Å². The SMILES string of the molecule is CCCCS(=O)(=O)NCCN(C(C)=O)c1cc(Cl)ccc1Cl. The second-order valence-electron chi connectivity index (χ2n) is 4.83. The Morgan fingerprint density at radius 1 is 1.32 bits per heavy atom. The van der Waals surface area contributed by atoms with Crippen LogP contribution in [0.1, 0.15) is 26.7 Å². The molecule has 0 aromatic heterocycles. The fourth-order valence-corrected chi connectivity index (χ4v) is 3.46. The predicted octanol–water partition coefficient (Wildman–Crippen LogP) is 3.07. The molecule has 0 radical (unpaired) electrons. The summed E-state index contributed by atoms with van der Waals surface area (Å²) in [6, 6.07) is 4.80. The average molecular weight is 367 g/mol. The van der Waals surface area contributed by atoms with Crippen LogP contribution < -0.4 is 9.62 Å². The van der Waals surface area contributed by atoms with Crippen LogP contribution in [-0.2, 0) is 14.8 Å². The monoisotopic (exact) mass is 366 g/mol. The molecule has 0 aliphatic heterocycles. The Bertz CT molecular complexity index is 621. The summed E-state index contributed by atoms with van der Waals surface area (Å²) in [6.45, 7) is 3.62. The number of carbonyl (C=O) groups excluding carboxylic acids is 1. The number of hydrogen-bond acceptors (Lipinski definition) is 3. The largest absolute Gasteiger partial charge is 0.310 e. The van der Waals surface area contributed by atoms with Gasteiger partial charge in [0, 0.05) is 25.0 Å². The van der Waals surface area contributed by atoms with Gasteiger partial charge in [-0.05, 0) is 24.6 Å². The van der Waals surface area contributed by atoms with Gasteiger partial charge in [-0.3, -0.25) is 4.79 Å². The Balaban J connectivity index is 2.74. The van der Waals surface area contributed by atoms with Crippen LogP contribution in [0.25, 0.3) is 0 Å². The van der Waals surface area contributed by atoms with Crippen molar-refractivity contribution in [1.82, 2.24) is 4.72 Å². The van der Waals surface area contributed by atoms with Crippen LogP contribution in [0.2, 0.25) is 10.0 Å². The van der Waals surface area contributed by atoms with Crippen LogP contribution in [0.15, 0.2) is 18.2 Å². The molecular weight excluding hydrogens is 347 g/mol. The first-order valence-corrected chi connectivity index (χ1v) is 9.38. The van der Waals surface area contributed by atoms with Gasteiger partial charge in [-0.2, -0.15) is 0 Å². The maximum atomic E-state index is 11.8. The van der Waals surface area contributed by atoms with Crippen molar-refractivity contribution in [3.8, 4) is 0 Å². The number of anilines is 1. The molecule has 0 heterocycles. The van der Waals surface area contributed by atoms with Crippen molar-refractivity contribution in [2.45, 2.75) is 26.7 Å². The average Bonchev–Trinajstić information content (AvgIpc) is 2.44. The highest BCUT2D eigenvalue weighted by atomic mass is 35.5. The molecule has 0 unspecified atom stereocenters. The second kappa shape index (κ2) is 8.72. The summed E-state index contributed by atoms with van der Waals surface area (Å²) in [5.41, 5.74) is 0.467. The van der Waals surface area contributed by atoms with Crippen molar-refractivity contribution in [3.63, 3.8) is 0 Å². The number of rotatable bonds is 8. The molecule has 124 valence electrons. The molecule has 1 amide bonds. The van der Waals surface area contributed by atoms with Crippen molar-refractivity contribution >= 4 is 44.8 Å². The molecule has 1 aromatic rings. The lowest BCUT2D eigenvalue weighted by Crippen LogP contribution is -2.38. The number of unbranched alkanes of at least 4 members (excludes halogenated alkanes) is 1. The van der Waals surface area contributed by atoms with Crippen molar-refractivity contribution < 1.29 is 13.2 Å². The van der Waals surface area contributed by atoms with Gasteiger partial charge < -0.3 is 4.90 Å². The molecule has 0 saturated heterocycles. The predicted molar refractivity (Wildman–Crippen MR) is 91.2 cm³/mol. The third kappa shape index (κ3) is 6.12. The molecule has 1 N–H and O–H groups in total. The van der Waals surface area contributed by atoms with E-state index in [-0.39, 0.29) is 24.7 Å². The summed E-state index contributed by atoms with van der Waals surface area (Å²) in [5, 5.41) is 0.836. The fourth-order valence-electron chi connectivity index (χ4n) is 1.86. The molecule has 22 heavy (non-hydrogen) atoms. The molecule has 0 atom stereocenters. The zero-order valence-electron chi connectivity index (χ0n) is 12.6. The van der Waals surface area contributed by atoms with E-state index in [0.29, 0.717) is 22.2 Å². The zero-order chi connectivity index (χ0) is 16.8. The Morgan fingerprint density at radius 3 is 2.59 bits per heavy atom. The van der Waals surface area contributed by atoms with Crippen molar-refractivity contribution in [1.29, 1.82) is 0 Å². The number of halogens is 2. The molecular formula is C14H20Cl2N2O3S. The number of nitrogens with one attached hydrogen (secondary N) is 1. The van der Waals surface area contributed by atoms with E-state index in [9.17, 15) is 13.2 Å². The normalized spacial score (nSPS) is 11.5. The van der Waals surface area contributed by atoms with Gasteiger partial charge in [-0.25, -0.2) is 13.1 Å². The number of nitrogens with zero attached hydrogens (tertiary/aromatic N) is 1. The first-order valence-electron chi connectivity index (χ1n) is 6.97. The standard InChI is InChI=1S/C14H20Cl2N2O3S/c1-3-4-9-22(20,21)17-7-8-18(11(2)19)14-10-12(15)5-6-13(14)16/h5-6,10,17H,3-4,7-9H2,1-2H3. The summed E-state index contributed by atoms with van der Waals surface area (Å²) >= 11 is 12.0. The lowest BCUT2D eigenvalue weighted by Gasteiger charge is -2.22. The Hall–Kier alpha value is -0.820. The molecule has 8 heteroatoms. The van der Waals surface area contributed by atoms with E-state index in [1.54, 1.807) is 18.2 Å². The third-order valence-electron chi connectivity index (χ3n) is 3.00. The smallest absolute Gasteiger partial charge is 0.223 e. The highest BCUT2D eigenvalue weighted by Crippen LogP contribution is 2.29. The summed E-state index contributed by atoms with van der Waals surface area (Å²) in [7, 11) is -3.31. The van der Waals surface area contributed by atoms with Gasteiger partial charge in [0.15, 0.2) is 0 Å². The van der Waals surface area contributed by atoms with Crippen LogP contribution in [0.5, 0.6) is 0 Å². The Kier molecular flexibility index (Phi) is 7.62. The summed E-state index contributed by atoms with van der Waals surface area (Å²) in [6.07, 6.45) is 1.41. The molecule has 0 fully saturated rings. The molecule has 0 spiro atoms. The molecule has 5 nitrogen and oxygen atoms in total. The molecule has 1 rings (SSSR count). The van der Waals surface area contributed by atoms with E-state index in [1.807, 2.05) is 6.92 Å². The van der Waals surface area contributed by atoms with Gasteiger partial charge in [0.2, 0.25) is 15.9 Å². The first-order chi connectivity index (χ1) is 10.3. The van der Waals surface area contributed by atoms with E-state index in [0.717, 1.165) is 6.42 Å². The quantitative estimate of drug-likeness (QED) is 0.768. The van der Waals surface area contributed by atoms with Crippen LogP contribution in [0.3, 0.4) is 0 Å². The zero-order valence-corrected chi connectivity index (χ0v) is 14.9. The van der Waals surface area contributed by atoms with Gasteiger partial charge in [-0.15, -0.1) is 0 Å². The number of benzene rings is 1. The minimum Gasteiger partial charge on any atom is -0.310 e. The lowest BCUT2D eigenvalue weighted by molar-refractivity contribution is -0.116. The highest BCUT2D eigenvalue weighted by molar-refractivity contribution is 7.89. The first kappa shape index (κ1) is 19.2. The van der Waals surface area contributed by atoms with Gasteiger partial charge in [0.05, 0.1) is 16.5 Å². The summed E-state index contributed by atoms with van der Waals surface area (Å²) in [5.74, 6) is -0.154. The molecule has 0 aliphatic rings. The van der Waals surface area contributed by atoms with Crippen LogP contribution in [-0.4, -0.2) is 33.2 Å². The van der Waals surface area contributed by atoms with Crippen LogP contribution >= 0.6 is 23.2 Å². The molecule has 0 bridgehead atoms. The Labute approximate surface area is 141 Å². The van der Waals surface area contributed by atoms with Gasteiger partial charge in [-0.1, -0.05) is 36.5 Å². The lowest BCUT2D eigenvalue weighted by atomic mass is 10.2. The summed E-state index contributed by atoms with van der Waals surface area (Å²) in [4.78, 5) is 13.2.